The summed E-state index contributed by atoms with van der Waals surface area (Å²) >= 11 is 0. The number of nitrogens with one attached hydrogen (secondary N) is 1. The van der Waals surface area contributed by atoms with E-state index < -0.39 is 6.10 Å². The van der Waals surface area contributed by atoms with Crippen LogP contribution in [-0.2, 0) is 19.1 Å². The molecular formula is C25H35N3O6. The second kappa shape index (κ2) is 10.2. The van der Waals surface area contributed by atoms with Gasteiger partial charge in [-0.05, 0) is 44.5 Å². The van der Waals surface area contributed by atoms with Crippen LogP contribution in [0.5, 0.6) is 5.75 Å². The maximum absolute atomic E-state index is 12.9. The monoisotopic (exact) mass is 473 g/mol. The molecule has 0 aromatic heterocycles. The molecule has 9 heteroatoms. The standard InChI is InChI=1S/C25H35N3O6/c1-27-6-8-28(9-7-27)23(30)14-18-13-20-19-12-17(26-25(31)16-4-10-32-11-5-16)2-3-21(19)34-24(20)22(15-29)33-18/h2-3,12,16,18,20,22,24,29H,4-11,13-15H2,1H3,(H,26,31)/t18-,20-,22+,24+/m0/s1. The number of aliphatic hydroxyl groups excluding tert-OH is 1. The first-order chi connectivity index (χ1) is 16.5. The van der Waals surface area contributed by atoms with Gasteiger partial charge in [0.1, 0.15) is 18.0 Å². The number of benzene rings is 1. The number of hydrogen-bond acceptors (Lipinski definition) is 7. The van der Waals surface area contributed by atoms with Crippen LogP contribution in [0.2, 0.25) is 0 Å². The molecule has 0 unspecified atom stereocenters. The lowest BCUT2D eigenvalue weighted by molar-refractivity contribution is -0.150. The number of aliphatic hydroxyl groups is 1. The molecule has 4 aliphatic rings. The summed E-state index contributed by atoms with van der Waals surface area (Å²) in [7, 11) is 2.07. The number of fused-ring (bicyclic) bond motifs is 3. The van der Waals surface area contributed by atoms with Crippen LogP contribution in [0.4, 0.5) is 5.69 Å². The number of amides is 2. The largest absolute Gasteiger partial charge is 0.487 e. The Labute approximate surface area is 200 Å². The SMILES string of the molecule is CN1CCN(C(=O)C[C@@H]2C[C@H]3c4cc(NC(=O)C5CCOCC5)ccc4O[C@H]3[C@@H](CO)O2)CC1. The number of hydrogen-bond donors (Lipinski definition) is 2. The lowest BCUT2D eigenvalue weighted by Crippen LogP contribution is -2.50. The number of piperazine rings is 1. The summed E-state index contributed by atoms with van der Waals surface area (Å²) in [6.45, 7) is 4.31. The van der Waals surface area contributed by atoms with E-state index in [4.69, 9.17) is 14.2 Å². The van der Waals surface area contributed by atoms with Gasteiger partial charge in [0.25, 0.3) is 0 Å². The fraction of sp³-hybridized carbons (Fsp3) is 0.680. The Bertz CT molecular complexity index is 897. The van der Waals surface area contributed by atoms with E-state index in [0.717, 1.165) is 56.0 Å². The Hall–Kier alpha value is -2.20. The molecule has 2 amide bonds. The van der Waals surface area contributed by atoms with Gasteiger partial charge < -0.3 is 34.4 Å². The third-order valence-corrected chi connectivity index (χ3v) is 7.62. The summed E-state index contributed by atoms with van der Waals surface area (Å²) in [6.07, 6.45) is 1.37. The number of nitrogens with zero attached hydrogens (tertiary/aromatic N) is 2. The molecule has 4 heterocycles. The summed E-state index contributed by atoms with van der Waals surface area (Å²) in [5.41, 5.74) is 1.75. The first-order valence-corrected chi connectivity index (χ1v) is 12.4. The van der Waals surface area contributed by atoms with Gasteiger partial charge in [-0.15, -0.1) is 0 Å². The molecule has 4 atom stereocenters. The minimum absolute atomic E-state index is 0.00567. The Balaban J connectivity index is 1.27. The smallest absolute Gasteiger partial charge is 0.227 e. The molecule has 4 aliphatic heterocycles. The summed E-state index contributed by atoms with van der Waals surface area (Å²) in [4.78, 5) is 29.7. The van der Waals surface area contributed by atoms with Crippen molar-refractivity contribution in [1.82, 2.24) is 9.80 Å². The Kier molecular flexibility index (Phi) is 7.06. The molecule has 0 aliphatic carbocycles. The van der Waals surface area contributed by atoms with Crippen LogP contribution in [0.25, 0.3) is 0 Å². The fourth-order valence-electron chi connectivity index (χ4n) is 5.55. The van der Waals surface area contributed by atoms with Crippen LogP contribution in [0.15, 0.2) is 18.2 Å². The first kappa shape index (κ1) is 23.5. The summed E-state index contributed by atoms with van der Waals surface area (Å²) in [5, 5.41) is 13.0. The molecule has 0 saturated carbocycles. The average molecular weight is 474 g/mol. The van der Waals surface area contributed by atoms with Crippen molar-refractivity contribution in [3.63, 3.8) is 0 Å². The van der Waals surface area contributed by atoms with E-state index in [2.05, 4.69) is 17.3 Å². The van der Waals surface area contributed by atoms with Crippen molar-refractivity contribution >= 4 is 17.5 Å². The van der Waals surface area contributed by atoms with Crippen LogP contribution in [0.3, 0.4) is 0 Å². The van der Waals surface area contributed by atoms with Gasteiger partial charge in [0.2, 0.25) is 11.8 Å². The van der Waals surface area contributed by atoms with E-state index >= 15 is 0 Å². The number of carbonyl (C=O) groups is 2. The van der Waals surface area contributed by atoms with Gasteiger partial charge in [-0.2, -0.15) is 0 Å². The molecule has 34 heavy (non-hydrogen) atoms. The van der Waals surface area contributed by atoms with Crippen molar-refractivity contribution in [2.75, 3.05) is 58.4 Å². The Morgan fingerprint density at radius 2 is 1.91 bits per heavy atom. The van der Waals surface area contributed by atoms with Crippen LogP contribution >= 0.6 is 0 Å². The minimum atomic E-state index is -0.489. The van der Waals surface area contributed by atoms with Crippen LogP contribution in [0, 0.1) is 5.92 Å². The quantitative estimate of drug-likeness (QED) is 0.663. The summed E-state index contributed by atoms with van der Waals surface area (Å²) in [6, 6.07) is 5.72. The van der Waals surface area contributed by atoms with E-state index in [1.54, 1.807) is 0 Å². The van der Waals surface area contributed by atoms with Crippen LogP contribution in [0.1, 0.15) is 37.2 Å². The number of anilines is 1. The van der Waals surface area contributed by atoms with E-state index in [-0.39, 0.29) is 42.5 Å². The molecular weight excluding hydrogens is 438 g/mol. The van der Waals surface area contributed by atoms with E-state index in [9.17, 15) is 14.7 Å². The van der Waals surface area contributed by atoms with Gasteiger partial charge in [0, 0.05) is 62.5 Å². The van der Waals surface area contributed by atoms with Crippen molar-refractivity contribution < 1.29 is 28.9 Å². The molecule has 2 N–H and O–H groups in total. The molecule has 0 spiro atoms. The van der Waals surface area contributed by atoms with Crippen LogP contribution < -0.4 is 10.1 Å². The maximum Gasteiger partial charge on any atom is 0.227 e. The lowest BCUT2D eigenvalue weighted by atomic mass is 9.84. The molecule has 0 bridgehead atoms. The highest BCUT2D eigenvalue weighted by molar-refractivity contribution is 5.92. The van der Waals surface area contributed by atoms with Crippen molar-refractivity contribution in [3.8, 4) is 5.75 Å². The highest BCUT2D eigenvalue weighted by Gasteiger charge is 2.46. The minimum Gasteiger partial charge on any atom is -0.487 e. The van der Waals surface area contributed by atoms with Gasteiger partial charge in [0.15, 0.2) is 0 Å². The lowest BCUT2D eigenvalue weighted by Gasteiger charge is -2.38. The molecule has 9 nitrogen and oxygen atoms in total. The molecule has 186 valence electrons. The maximum atomic E-state index is 12.9. The van der Waals surface area contributed by atoms with E-state index in [1.807, 2.05) is 23.1 Å². The second-order valence-corrected chi connectivity index (χ2v) is 9.92. The van der Waals surface area contributed by atoms with Crippen molar-refractivity contribution in [3.05, 3.63) is 23.8 Å². The van der Waals surface area contributed by atoms with Crippen molar-refractivity contribution in [2.45, 2.75) is 49.9 Å². The van der Waals surface area contributed by atoms with Gasteiger partial charge in [-0.1, -0.05) is 0 Å². The molecule has 0 radical (unpaired) electrons. The van der Waals surface area contributed by atoms with Crippen molar-refractivity contribution in [1.29, 1.82) is 0 Å². The number of carbonyl (C=O) groups excluding carboxylic acids is 2. The van der Waals surface area contributed by atoms with Crippen LogP contribution in [-0.4, -0.2) is 98.1 Å². The van der Waals surface area contributed by atoms with Gasteiger partial charge in [-0.25, -0.2) is 0 Å². The van der Waals surface area contributed by atoms with Gasteiger partial charge in [0.05, 0.1) is 19.1 Å². The van der Waals surface area contributed by atoms with E-state index in [1.165, 1.54) is 0 Å². The zero-order valence-electron chi connectivity index (χ0n) is 19.8. The third kappa shape index (κ3) is 4.93. The van der Waals surface area contributed by atoms with Crippen molar-refractivity contribution in [2.24, 2.45) is 5.92 Å². The predicted molar refractivity (Wildman–Crippen MR) is 125 cm³/mol. The Morgan fingerprint density at radius 1 is 1.15 bits per heavy atom. The molecule has 5 rings (SSSR count). The molecule has 1 aromatic carbocycles. The normalized spacial score (nSPS) is 29.8. The fourth-order valence-corrected chi connectivity index (χ4v) is 5.55. The second-order valence-electron chi connectivity index (χ2n) is 9.92. The molecule has 3 fully saturated rings. The highest BCUT2D eigenvalue weighted by Crippen LogP contribution is 2.47. The topological polar surface area (TPSA) is 101 Å². The zero-order valence-corrected chi connectivity index (χ0v) is 19.8. The Morgan fingerprint density at radius 3 is 2.65 bits per heavy atom. The number of likely N-dealkylation sites (N-methyl/N-ethyl adjacent to an activating group) is 1. The van der Waals surface area contributed by atoms with Gasteiger partial charge in [-0.3, -0.25) is 9.59 Å². The third-order valence-electron chi connectivity index (χ3n) is 7.62. The van der Waals surface area contributed by atoms with Gasteiger partial charge >= 0.3 is 0 Å². The zero-order chi connectivity index (χ0) is 23.7. The molecule has 3 saturated heterocycles. The summed E-state index contributed by atoms with van der Waals surface area (Å²) < 4.78 is 17.6. The first-order valence-electron chi connectivity index (χ1n) is 12.4. The number of ether oxygens (including phenoxy) is 3. The summed E-state index contributed by atoms with van der Waals surface area (Å²) in [5.74, 6) is 0.857. The predicted octanol–water partition coefficient (Wildman–Crippen LogP) is 1.21. The highest BCUT2D eigenvalue weighted by atomic mass is 16.6. The average Bonchev–Trinajstić information content (AvgIpc) is 3.22. The molecule has 1 aromatic rings. The number of rotatable bonds is 5. The van der Waals surface area contributed by atoms with E-state index in [0.29, 0.717) is 26.1 Å².